The maximum atomic E-state index is 15.1. The molecule has 0 atom stereocenters. The van der Waals surface area contributed by atoms with Crippen molar-refractivity contribution in [1.29, 1.82) is 0 Å². The Balaban J connectivity index is 1.19. The van der Waals surface area contributed by atoms with Crippen LogP contribution >= 0.6 is 0 Å². The number of nitrogens with zero attached hydrogens (tertiary/aromatic N) is 2. The fourth-order valence-corrected chi connectivity index (χ4v) is 5.15. The van der Waals surface area contributed by atoms with Gasteiger partial charge in [-0.15, -0.1) is 0 Å². The molecule has 1 aliphatic rings. The van der Waals surface area contributed by atoms with Gasteiger partial charge in [0.25, 0.3) is 0 Å². The van der Waals surface area contributed by atoms with Gasteiger partial charge in [0.15, 0.2) is 11.6 Å². The number of pyridine rings is 1. The molecule has 230 valence electrons. The van der Waals surface area contributed by atoms with Crippen LogP contribution in [0.1, 0.15) is 24.0 Å². The van der Waals surface area contributed by atoms with E-state index in [-0.39, 0.29) is 11.4 Å². The lowest BCUT2D eigenvalue weighted by Crippen LogP contribution is -2.36. The highest BCUT2D eigenvalue weighted by Gasteiger charge is 2.17. The summed E-state index contributed by atoms with van der Waals surface area (Å²) in [5, 5.41) is 5.69. The fourth-order valence-electron chi connectivity index (χ4n) is 5.15. The Morgan fingerprint density at radius 1 is 0.932 bits per heavy atom. The van der Waals surface area contributed by atoms with Gasteiger partial charge in [-0.1, -0.05) is 30.3 Å². The van der Waals surface area contributed by atoms with E-state index < -0.39 is 17.6 Å². The van der Waals surface area contributed by atoms with E-state index in [4.69, 9.17) is 14.2 Å². The second-order valence-corrected chi connectivity index (χ2v) is 10.6. The number of fused-ring (bicyclic) bond motifs is 1. The molecule has 44 heavy (non-hydrogen) atoms. The number of methoxy groups -OCH3 is 1. The first-order valence-electron chi connectivity index (χ1n) is 14.9. The predicted octanol–water partition coefficient (Wildman–Crippen LogP) is 5.13. The number of carbonyl (C=O) groups is 2. The van der Waals surface area contributed by atoms with Gasteiger partial charge in [0.2, 0.25) is 0 Å². The zero-order valence-electron chi connectivity index (χ0n) is 24.8. The molecule has 0 spiro atoms. The van der Waals surface area contributed by atoms with Crippen molar-refractivity contribution in [2.45, 2.75) is 25.7 Å². The van der Waals surface area contributed by atoms with Crippen LogP contribution in [0, 0.1) is 5.82 Å². The van der Waals surface area contributed by atoms with Gasteiger partial charge in [0.1, 0.15) is 11.5 Å². The minimum absolute atomic E-state index is 0.0334. The molecular formula is C34H37FN4O5. The van der Waals surface area contributed by atoms with Crippen molar-refractivity contribution in [3.8, 4) is 17.2 Å². The Morgan fingerprint density at radius 2 is 1.75 bits per heavy atom. The molecule has 1 aromatic heterocycles. The molecule has 0 aliphatic carbocycles. The number of ether oxygens (including phenoxy) is 3. The summed E-state index contributed by atoms with van der Waals surface area (Å²) in [6, 6.07) is 19.1. The Kier molecular flexibility index (Phi) is 10.7. The second kappa shape index (κ2) is 15.3. The van der Waals surface area contributed by atoms with Crippen molar-refractivity contribution >= 4 is 28.4 Å². The van der Waals surface area contributed by atoms with Gasteiger partial charge in [-0.25, -0.2) is 4.39 Å². The van der Waals surface area contributed by atoms with Gasteiger partial charge in [-0.2, -0.15) is 0 Å². The molecule has 0 unspecified atom stereocenters. The maximum Gasteiger partial charge on any atom is 0.313 e. The number of nitrogens with one attached hydrogen (secondary N) is 2. The summed E-state index contributed by atoms with van der Waals surface area (Å²) in [5.41, 5.74) is 2.95. The lowest BCUT2D eigenvalue weighted by molar-refractivity contribution is -0.136. The van der Waals surface area contributed by atoms with Crippen molar-refractivity contribution in [3.05, 3.63) is 89.9 Å². The highest BCUT2D eigenvalue weighted by atomic mass is 19.1. The molecule has 5 rings (SSSR count). The van der Waals surface area contributed by atoms with Crippen LogP contribution < -0.4 is 20.1 Å². The largest absolute Gasteiger partial charge is 0.496 e. The Labute approximate surface area is 256 Å². The number of benzene rings is 3. The van der Waals surface area contributed by atoms with Gasteiger partial charge >= 0.3 is 11.8 Å². The number of morpholine rings is 1. The van der Waals surface area contributed by atoms with Crippen LogP contribution in [-0.2, 0) is 27.2 Å². The topological polar surface area (TPSA) is 102 Å². The number of aromatic nitrogens is 1. The number of anilines is 1. The lowest BCUT2D eigenvalue weighted by Gasteiger charge is -2.26. The van der Waals surface area contributed by atoms with Gasteiger partial charge in [0, 0.05) is 43.0 Å². The van der Waals surface area contributed by atoms with Crippen LogP contribution in [0.25, 0.3) is 10.9 Å². The normalized spacial score (nSPS) is 13.4. The van der Waals surface area contributed by atoms with E-state index >= 15 is 4.39 Å². The molecule has 0 bridgehead atoms. The Hall–Kier alpha value is -4.54. The van der Waals surface area contributed by atoms with E-state index in [1.54, 1.807) is 19.4 Å². The summed E-state index contributed by atoms with van der Waals surface area (Å²) in [4.78, 5) is 31.5. The third kappa shape index (κ3) is 8.30. The Bertz CT molecular complexity index is 1580. The van der Waals surface area contributed by atoms with Crippen molar-refractivity contribution < 1.29 is 28.2 Å². The number of unbranched alkanes of at least 4 members (excludes halogenated alkanes) is 1. The second-order valence-electron chi connectivity index (χ2n) is 10.6. The molecule has 1 aliphatic heterocycles. The molecule has 4 aromatic rings. The first-order chi connectivity index (χ1) is 21.5. The van der Waals surface area contributed by atoms with Crippen LogP contribution in [0.15, 0.2) is 72.9 Å². The molecule has 3 aromatic carbocycles. The molecule has 2 amide bonds. The fraction of sp³-hybridized carbons (Fsp3) is 0.324. The maximum absolute atomic E-state index is 15.1. The number of hydrogen-bond acceptors (Lipinski definition) is 7. The van der Waals surface area contributed by atoms with E-state index in [1.165, 1.54) is 12.1 Å². The number of carbonyl (C=O) groups excluding carboxylic acids is 2. The third-order valence-corrected chi connectivity index (χ3v) is 7.54. The standard InChI is InChI=1S/C34H37FN4O5/c1-42-32-23-27-29(21-25(32)9-5-6-16-39-17-19-43-20-18-39)36-15-13-30(27)44-31-11-10-26(22-28(31)35)38-34(41)33(40)37-14-12-24-7-3-2-4-8-24/h2-4,7-8,10-11,13,15,21-23H,5-6,9,12,14,16-20H2,1H3,(H,37,40)(H,38,41). The average Bonchev–Trinajstić information content (AvgIpc) is 3.05. The summed E-state index contributed by atoms with van der Waals surface area (Å²) in [5.74, 6) is -1.26. The molecule has 2 N–H and O–H groups in total. The first kappa shape index (κ1) is 30.9. The Morgan fingerprint density at radius 3 is 2.52 bits per heavy atom. The summed E-state index contributed by atoms with van der Waals surface area (Å²) in [6.07, 6.45) is 5.15. The number of amides is 2. The van der Waals surface area contributed by atoms with E-state index in [0.717, 1.165) is 75.1 Å². The molecule has 1 saturated heterocycles. The first-order valence-corrected chi connectivity index (χ1v) is 14.9. The van der Waals surface area contributed by atoms with E-state index in [2.05, 4.69) is 20.5 Å². The van der Waals surface area contributed by atoms with Crippen LogP contribution in [-0.4, -0.2) is 68.2 Å². The monoisotopic (exact) mass is 600 g/mol. The zero-order chi connectivity index (χ0) is 30.7. The molecule has 1 fully saturated rings. The highest BCUT2D eigenvalue weighted by molar-refractivity contribution is 6.39. The molecule has 9 nitrogen and oxygen atoms in total. The highest BCUT2D eigenvalue weighted by Crippen LogP contribution is 2.35. The smallest absolute Gasteiger partial charge is 0.313 e. The van der Waals surface area contributed by atoms with Crippen LogP contribution in [0.5, 0.6) is 17.2 Å². The van der Waals surface area contributed by atoms with Gasteiger partial charge in [-0.05, 0) is 73.7 Å². The molecular weight excluding hydrogens is 563 g/mol. The van der Waals surface area contributed by atoms with Crippen LogP contribution in [0.3, 0.4) is 0 Å². The summed E-state index contributed by atoms with van der Waals surface area (Å²) in [6.45, 7) is 4.92. The molecule has 0 radical (unpaired) electrons. The number of halogens is 1. The van der Waals surface area contributed by atoms with Gasteiger partial charge in [-0.3, -0.25) is 19.5 Å². The quantitative estimate of drug-likeness (QED) is 0.172. The molecule has 10 heteroatoms. The summed E-state index contributed by atoms with van der Waals surface area (Å²) >= 11 is 0. The van der Waals surface area contributed by atoms with E-state index in [9.17, 15) is 9.59 Å². The third-order valence-electron chi connectivity index (χ3n) is 7.54. The minimum Gasteiger partial charge on any atom is -0.496 e. The van der Waals surface area contributed by atoms with E-state index in [1.807, 2.05) is 42.5 Å². The van der Waals surface area contributed by atoms with Crippen LogP contribution in [0.4, 0.5) is 10.1 Å². The lowest BCUT2D eigenvalue weighted by atomic mass is 10.0. The summed E-state index contributed by atoms with van der Waals surface area (Å²) in [7, 11) is 1.63. The molecule has 0 saturated carbocycles. The SMILES string of the molecule is COc1cc2c(Oc3ccc(NC(=O)C(=O)NCCc4ccccc4)cc3F)ccnc2cc1CCCCN1CCOCC1. The zero-order valence-corrected chi connectivity index (χ0v) is 24.8. The van der Waals surface area contributed by atoms with Crippen molar-refractivity contribution in [2.75, 3.05) is 51.8 Å². The van der Waals surface area contributed by atoms with Crippen molar-refractivity contribution in [2.24, 2.45) is 0 Å². The van der Waals surface area contributed by atoms with E-state index in [0.29, 0.717) is 29.6 Å². The summed E-state index contributed by atoms with van der Waals surface area (Å²) < 4.78 is 32.1. The van der Waals surface area contributed by atoms with Gasteiger partial charge in [0.05, 0.1) is 25.8 Å². The number of aryl methyl sites for hydroxylation is 1. The number of rotatable bonds is 12. The average molecular weight is 601 g/mol. The van der Waals surface area contributed by atoms with Crippen LogP contribution in [0.2, 0.25) is 0 Å². The van der Waals surface area contributed by atoms with Crippen molar-refractivity contribution in [1.82, 2.24) is 15.2 Å². The number of hydrogen-bond donors (Lipinski definition) is 2. The predicted molar refractivity (Wildman–Crippen MR) is 167 cm³/mol. The minimum atomic E-state index is -0.879. The molecule has 2 heterocycles. The van der Waals surface area contributed by atoms with Crippen molar-refractivity contribution in [3.63, 3.8) is 0 Å². The van der Waals surface area contributed by atoms with Gasteiger partial charge < -0.3 is 24.8 Å².